The zero-order chi connectivity index (χ0) is 7.71. The van der Waals surface area contributed by atoms with Crippen molar-refractivity contribution in [1.29, 1.82) is 0 Å². The van der Waals surface area contributed by atoms with E-state index in [0.717, 1.165) is 0 Å². The third kappa shape index (κ3) is 19.1. The first kappa shape index (κ1) is 19.2. The van der Waals surface area contributed by atoms with Gasteiger partial charge in [0.05, 0.1) is 0 Å². The molecule has 0 radical (unpaired) electrons. The van der Waals surface area contributed by atoms with E-state index in [4.69, 9.17) is 0 Å². The standard InChI is InChI=1S/2La.O7Si2/c;;1-8(2,3)7-9(4,5)6/q2*+3;-6. The van der Waals surface area contributed by atoms with Crippen LogP contribution in [0.15, 0.2) is 0 Å². The summed E-state index contributed by atoms with van der Waals surface area (Å²) in [6, 6.07) is 0. The van der Waals surface area contributed by atoms with Crippen LogP contribution in [-0.2, 0) is 4.12 Å². The maximum absolute atomic E-state index is 9.36. The summed E-state index contributed by atoms with van der Waals surface area (Å²) in [7, 11) is -11.8. The van der Waals surface area contributed by atoms with Crippen LogP contribution >= 0.6 is 0 Å². The van der Waals surface area contributed by atoms with Gasteiger partial charge in [0.2, 0.25) is 0 Å². The monoisotopic (exact) mass is 446 g/mol. The summed E-state index contributed by atoms with van der Waals surface area (Å²) < 4.78 is 2.57. The quantitative estimate of drug-likeness (QED) is 0.383. The Balaban J connectivity index is -0.000000320. The topological polar surface area (TPSA) is 148 Å². The Labute approximate surface area is 120 Å². The van der Waals surface area contributed by atoms with Crippen LogP contribution in [0, 0.1) is 71.2 Å². The number of rotatable bonds is 2. The van der Waals surface area contributed by atoms with Crippen molar-refractivity contribution in [3.05, 3.63) is 0 Å². The van der Waals surface area contributed by atoms with Crippen molar-refractivity contribution in [2.75, 3.05) is 0 Å². The fourth-order valence-electron chi connectivity index (χ4n) is 0.153. The third-order valence-corrected chi connectivity index (χ3v) is 2.25. The molecular weight excluding hydrogens is 446 g/mol. The molecule has 0 aromatic carbocycles. The smallest absolute Gasteiger partial charge is 0.862 e. The minimum atomic E-state index is -5.92. The van der Waals surface area contributed by atoms with Crippen molar-refractivity contribution in [3.63, 3.8) is 0 Å². The predicted octanol–water partition coefficient (Wildman–Crippen LogP) is -7.96. The summed E-state index contributed by atoms with van der Waals surface area (Å²) in [6.45, 7) is 0. The Bertz CT molecular complexity index is 79.6. The van der Waals surface area contributed by atoms with Gasteiger partial charge in [-0.2, -0.15) is 0 Å². The maximum atomic E-state index is 9.36. The summed E-state index contributed by atoms with van der Waals surface area (Å²) in [5, 5.41) is 0. The van der Waals surface area contributed by atoms with Gasteiger partial charge in [-0.25, -0.2) is 0 Å². The van der Waals surface area contributed by atoms with Crippen molar-refractivity contribution in [3.8, 4) is 0 Å². The van der Waals surface area contributed by atoms with E-state index in [1.807, 2.05) is 0 Å². The summed E-state index contributed by atoms with van der Waals surface area (Å²) in [4.78, 5) is 56.2. The second-order valence-electron chi connectivity index (χ2n) is 1.10. The van der Waals surface area contributed by atoms with Gasteiger partial charge in [-0.05, 0) is 0 Å². The summed E-state index contributed by atoms with van der Waals surface area (Å²) >= 11 is 0. The fraction of sp³-hybridized carbons (Fsp3) is 0. The maximum Gasteiger partial charge on any atom is 3.00 e. The van der Waals surface area contributed by atoms with E-state index in [2.05, 4.69) is 4.12 Å². The molecule has 0 spiro atoms. The van der Waals surface area contributed by atoms with Gasteiger partial charge >= 0.3 is 71.2 Å². The Morgan fingerprint density at radius 1 is 0.636 bits per heavy atom. The van der Waals surface area contributed by atoms with Gasteiger partial charge in [0.1, 0.15) is 0 Å². The molecule has 0 heterocycles. The molecule has 0 N–H and O–H groups in total. The zero-order valence-electron chi connectivity index (χ0n) is 5.01. The SMILES string of the molecule is [La+3].[La+3].[O-][Si]([O-])([O-])O[Si]([O-])([O-])[O-]. The molecule has 0 aliphatic rings. The normalized spacial score (nSPS) is 11.5. The molecule has 0 aromatic heterocycles. The second kappa shape index (κ2) is 6.92. The van der Waals surface area contributed by atoms with Gasteiger partial charge < -0.3 is 32.9 Å². The van der Waals surface area contributed by atoms with Crippen LogP contribution in [0.2, 0.25) is 0 Å². The molecule has 0 unspecified atom stereocenters. The van der Waals surface area contributed by atoms with E-state index >= 15 is 0 Å². The van der Waals surface area contributed by atoms with Crippen LogP contribution in [0.25, 0.3) is 0 Å². The van der Waals surface area contributed by atoms with Gasteiger partial charge in [-0.15, -0.1) is 18.1 Å². The molecule has 0 rings (SSSR count). The molecule has 0 aliphatic carbocycles. The van der Waals surface area contributed by atoms with Gasteiger partial charge in [0.25, 0.3) is 0 Å². The molecule has 0 saturated heterocycles. The molecule has 11 heavy (non-hydrogen) atoms. The van der Waals surface area contributed by atoms with Gasteiger partial charge in [-0.3, -0.25) is 0 Å². The van der Waals surface area contributed by atoms with Crippen molar-refractivity contribution < 1.29 is 104 Å². The number of hydrogen-bond donors (Lipinski definition) is 0. The molecule has 0 saturated carbocycles. The fourth-order valence-corrected chi connectivity index (χ4v) is 1.38. The minimum absolute atomic E-state index is 0. The molecule has 56 valence electrons. The van der Waals surface area contributed by atoms with Crippen molar-refractivity contribution in [2.45, 2.75) is 0 Å². The molecule has 11 heteroatoms. The van der Waals surface area contributed by atoms with E-state index < -0.39 is 18.1 Å². The summed E-state index contributed by atoms with van der Waals surface area (Å²) in [6.07, 6.45) is 0. The van der Waals surface area contributed by atoms with Crippen molar-refractivity contribution in [2.24, 2.45) is 0 Å². The molecule has 0 fully saturated rings. The molecule has 0 atom stereocenters. The summed E-state index contributed by atoms with van der Waals surface area (Å²) in [5.41, 5.74) is 0. The van der Waals surface area contributed by atoms with Gasteiger partial charge in [-0.1, -0.05) is 0 Å². The summed E-state index contributed by atoms with van der Waals surface area (Å²) in [5.74, 6) is 0. The zero-order valence-corrected chi connectivity index (χ0v) is 14.3. The van der Waals surface area contributed by atoms with E-state index in [-0.39, 0.29) is 71.2 Å². The Morgan fingerprint density at radius 2 is 0.818 bits per heavy atom. The average molecular weight is 446 g/mol. The largest absolute Gasteiger partial charge is 3.00 e. The molecule has 0 aliphatic heterocycles. The first-order valence-electron chi connectivity index (χ1n) is 1.63. The molecule has 7 nitrogen and oxygen atoms in total. The van der Waals surface area contributed by atoms with E-state index in [0.29, 0.717) is 0 Å². The van der Waals surface area contributed by atoms with E-state index in [9.17, 15) is 28.8 Å². The Morgan fingerprint density at radius 3 is 0.818 bits per heavy atom. The first-order valence-corrected chi connectivity index (χ1v) is 4.90. The third-order valence-electron chi connectivity index (χ3n) is 0.250. The minimum Gasteiger partial charge on any atom is -0.862 e. The van der Waals surface area contributed by atoms with E-state index in [1.165, 1.54) is 0 Å². The van der Waals surface area contributed by atoms with E-state index in [1.54, 1.807) is 0 Å². The molecule has 0 aromatic rings. The van der Waals surface area contributed by atoms with Crippen molar-refractivity contribution >= 4 is 18.1 Å². The van der Waals surface area contributed by atoms with Crippen LogP contribution in [0.3, 0.4) is 0 Å². The van der Waals surface area contributed by atoms with Crippen LogP contribution in [0.1, 0.15) is 0 Å². The van der Waals surface area contributed by atoms with Crippen LogP contribution in [0.5, 0.6) is 0 Å². The second-order valence-corrected chi connectivity index (χ2v) is 3.92. The molecule has 0 bridgehead atoms. The Kier molecular flexibility index (Phi) is 12.1. The van der Waals surface area contributed by atoms with Gasteiger partial charge in [0.15, 0.2) is 0 Å². The van der Waals surface area contributed by atoms with Gasteiger partial charge in [0, 0.05) is 0 Å². The van der Waals surface area contributed by atoms with Crippen LogP contribution in [-0.4, -0.2) is 18.1 Å². The number of hydrogen-bond acceptors (Lipinski definition) is 7. The van der Waals surface area contributed by atoms with Crippen LogP contribution in [0.4, 0.5) is 0 Å². The average Bonchev–Trinajstić information content (AvgIpc) is 1.14. The Hall–Kier alpha value is 2.54. The first-order chi connectivity index (χ1) is 3.71. The molecule has 0 amide bonds. The predicted molar refractivity (Wildman–Crippen MR) is 12.6 cm³/mol. The van der Waals surface area contributed by atoms with Crippen LogP contribution < -0.4 is 28.8 Å². The van der Waals surface area contributed by atoms with Crippen molar-refractivity contribution in [1.82, 2.24) is 0 Å². The molecular formula is La2O7Si2.